The second-order valence-electron chi connectivity index (χ2n) is 5.67. The van der Waals surface area contributed by atoms with Gasteiger partial charge in [-0.1, -0.05) is 13.3 Å². The topological polar surface area (TPSA) is 60.5 Å². The Balaban J connectivity index is 2.05. The molecule has 2 rings (SSSR count). The predicted molar refractivity (Wildman–Crippen MR) is 81.4 cm³/mol. The lowest BCUT2D eigenvalue weighted by atomic mass is 9.78. The number of rotatable bonds is 5. The highest BCUT2D eigenvalue weighted by atomic mass is 16.5. The summed E-state index contributed by atoms with van der Waals surface area (Å²) in [5.74, 6) is 0.980. The van der Waals surface area contributed by atoms with Crippen molar-refractivity contribution in [2.45, 2.75) is 45.1 Å². The van der Waals surface area contributed by atoms with E-state index in [0.717, 1.165) is 25.7 Å². The van der Waals surface area contributed by atoms with Crippen LogP contribution in [0.2, 0.25) is 0 Å². The molecule has 1 N–H and O–H groups in total. The highest BCUT2D eigenvalue weighted by Gasteiger charge is 2.41. The van der Waals surface area contributed by atoms with E-state index in [4.69, 9.17) is 9.47 Å². The van der Waals surface area contributed by atoms with Gasteiger partial charge in [0.05, 0.1) is 18.5 Å². The summed E-state index contributed by atoms with van der Waals surface area (Å²) in [5.41, 5.74) is -0.0471. The molecule has 1 aliphatic carbocycles. The van der Waals surface area contributed by atoms with Crippen molar-refractivity contribution in [2.75, 3.05) is 19.0 Å². The summed E-state index contributed by atoms with van der Waals surface area (Å²) in [5, 5.41) is 2.91. The summed E-state index contributed by atoms with van der Waals surface area (Å²) in [6.45, 7) is 4.64. The molecule has 2 atom stereocenters. The number of nitrogens with zero attached hydrogens (tertiary/aromatic N) is 1. The summed E-state index contributed by atoms with van der Waals surface area (Å²) >= 11 is 0. The molecule has 1 aromatic heterocycles. The molecule has 116 valence electrons. The van der Waals surface area contributed by atoms with Crippen molar-refractivity contribution in [3.05, 3.63) is 18.3 Å². The Morgan fingerprint density at radius 3 is 2.90 bits per heavy atom. The first-order chi connectivity index (χ1) is 10.1. The molecule has 0 radical (unpaired) electrons. The molecule has 1 fully saturated rings. The van der Waals surface area contributed by atoms with Gasteiger partial charge in [0.1, 0.15) is 5.60 Å². The maximum Gasteiger partial charge on any atom is 0.256 e. The minimum Gasteiger partial charge on any atom is -0.478 e. The van der Waals surface area contributed by atoms with Crippen molar-refractivity contribution in [3.8, 4) is 5.88 Å². The third-order valence-corrected chi connectivity index (χ3v) is 4.05. The molecule has 5 nitrogen and oxygen atoms in total. The van der Waals surface area contributed by atoms with E-state index in [0.29, 0.717) is 24.1 Å². The minimum atomic E-state index is -0.712. The summed E-state index contributed by atoms with van der Waals surface area (Å²) < 4.78 is 10.9. The number of carbonyl (C=O) groups excluding carboxylic acids is 1. The number of nitrogens with one attached hydrogen (secondary N) is 1. The Morgan fingerprint density at radius 1 is 1.52 bits per heavy atom. The second-order valence-corrected chi connectivity index (χ2v) is 5.67. The van der Waals surface area contributed by atoms with Crippen molar-refractivity contribution in [2.24, 2.45) is 5.92 Å². The molecule has 0 spiro atoms. The normalized spacial score (nSPS) is 25.4. The van der Waals surface area contributed by atoms with Crippen molar-refractivity contribution < 1.29 is 14.3 Å². The van der Waals surface area contributed by atoms with Gasteiger partial charge < -0.3 is 14.8 Å². The van der Waals surface area contributed by atoms with Gasteiger partial charge in [-0.05, 0) is 38.2 Å². The molecular weight excluding hydrogens is 268 g/mol. The molecule has 5 heteroatoms. The quantitative estimate of drug-likeness (QED) is 0.906. The van der Waals surface area contributed by atoms with E-state index < -0.39 is 5.60 Å². The number of anilines is 1. The Labute approximate surface area is 126 Å². The number of pyridine rings is 1. The van der Waals surface area contributed by atoms with Crippen LogP contribution in [0.4, 0.5) is 5.69 Å². The molecule has 1 aromatic rings. The Bertz CT molecular complexity index is 475. The van der Waals surface area contributed by atoms with E-state index in [9.17, 15) is 4.79 Å². The number of methoxy groups -OCH3 is 1. The third-order valence-electron chi connectivity index (χ3n) is 4.05. The molecule has 1 aliphatic rings. The molecule has 0 aromatic carbocycles. The summed E-state index contributed by atoms with van der Waals surface area (Å²) in [6.07, 6.45) is 5.31. The average Bonchev–Trinajstić information content (AvgIpc) is 2.49. The van der Waals surface area contributed by atoms with Crippen molar-refractivity contribution in [1.29, 1.82) is 0 Å². The fourth-order valence-corrected chi connectivity index (χ4v) is 2.92. The zero-order valence-electron chi connectivity index (χ0n) is 13.0. The van der Waals surface area contributed by atoms with Crippen LogP contribution in [0.15, 0.2) is 18.3 Å². The molecule has 1 amide bonds. The van der Waals surface area contributed by atoms with Crippen molar-refractivity contribution in [3.63, 3.8) is 0 Å². The van der Waals surface area contributed by atoms with Crippen molar-refractivity contribution in [1.82, 2.24) is 4.98 Å². The molecule has 0 bridgehead atoms. The van der Waals surface area contributed by atoms with E-state index in [-0.39, 0.29) is 5.91 Å². The molecule has 21 heavy (non-hydrogen) atoms. The first-order valence-electron chi connectivity index (χ1n) is 7.55. The standard InChI is InChI=1S/C16H24N2O3/c1-4-21-14-8-7-13(11-17-14)18-15(19)16(20-3)9-5-6-12(2)10-16/h7-8,11-12H,4-6,9-10H2,1-3H3,(H,18,19). The zero-order valence-corrected chi connectivity index (χ0v) is 13.0. The lowest BCUT2D eigenvalue weighted by Gasteiger charge is -2.37. The van der Waals surface area contributed by atoms with Crippen LogP contribution < -0.4 is 10.1 Å². The number of amides is 1. The maximum atomic E-state index is 12.6. The van der Waals surface area contributed by atoms with Gasteiger partial charge in [-0.15, -0.1) is 0 Å². The van der Waals surface area contributed by atoms with Gasteiger partial charge in [-0.25, -0.2) is 4.98 Å². The zero-order chi connectivity index (χ0) is 15.3. The van der Waals surface area contributed by atoms with Crippen LogP contribution in [0.3, 0.4) is 0 Å². The van der Waals surface area contributed by atoms with Gasteiger partial charge in [-0.2, -0.15) is 0 Å². The summed E-state index contributed by atoms with van der Waals surface area (Å²) in [6, 6.07) is 3.55. The second kappa shape index (κ2) is 6.89. The van der Waals surface area contributed by atoms with E-state index >= 15 is 0 Å². The lowest BCUT2D eigenvalue weighted by Crippen LogP contribution is -2.47. The number of carbonyl (C=O) groups is 1. The van der Waals surface area contributed by atoms with Crippen LogP contribution in [0.5, 0.6) is 5.88 Å². The first-order valence-corrected chi connectivity index (χ1v) is 7.55. The Kier molecular flexibility index (Phi) is 5.17. The number of ether oxygens (including phenoxy) is 2. The van der Waals surface area contributed by atoms with Crippen LogP contribution in [-0.4, -0.2) is 30.2 Å². The maximum absolute atomic E-state index is 12.6. The van der Waals surface area contributed by atoms with Crippen LogP contribution in [0, 0.1) is 5.92 Å². The number of hydrogen-bond acceptors (Lipinski definition) is 4. The van der Waals surface area contributed by atoms with Gasteiger partial charge in [0.2, 0.25) is 5.88 Å². The third kappa shape index (κ3) is 3.73. The van der Waals surface area contributed by atoms with E-state index in [1.807, 2.05) is 6.92 Å². The van der Waals surface area contributed by atoms with Crippen LogP contribution in [0.25, 0.3) is 0 Å². The average molecular weight is 292 g/mol. The fourth-order valence-electron chi connectivity index (χ4n) is 2.92. The van der Waals surface area contributed by atoms with E-state index in [1.165, 1.54) is 0 Å². The molecule has 2 unspecified atom stereocenters. The Morgan fingerprint density at radius 2 is 2.33 bits per heavy atom. The summed E-state index contributed by atoms with van der Waals surface area (Å²) in [7, 11) is 1.62. The monoisotopic (exact) mass is 292 g/mol. The van der Waals surface area contributed by atoms with Gasteiger partial charge in [0, 0.05) is 13.2 Å². The van der Waals surface area contributed by atoms with Gasteiger partial charge in [0.15, 0.2) is 0 Å². The lowest BCUT2D eigenvalue weighted by molar-refractivity contribution is -0.143. The first kappa shape index (κ1) is 15.8. The molecular formula is C16H24N2O3. The SMILES string of the molecule is CCOc1ccc(NC(=O)C2(OC)CCCC(C)C2)cn1. The van der Waals surface area contributed by atoms with E-state index in [1.54, 1.807) is 25.4 Å². The number of hydrogen-bond donors (Lipinski definition) is 1. The Hall–Kier alpha value is -1.62. The van der Waals surface area contributed by atoms with E-state index in [2.05, 4.69) is 17.2 Å². The highest BCUT2D eigenvalue weighted by Crippen LogP contribution is 2.35. The minimum absolute atomic E-state index is 0.0810. The van der Waals surface area contributed by atoms with Crippen molar-refractivity contribution >= 4 is 11.6 Å². The predicted octanol–water partition coefficient (Wildman–Crippen LogP) is 3.01. The fraction of sp³-hybridized carbons (Fsp3) is 0.625. The van der Waals surface area contributed by atoms with Crippen LogP contribution in [-0.2, 0) is 9.53 Å². The highest BCUT2D eigenvalue weighted by molar-refractivity contribution is 5.97. The molecule has 1 saturated carbocycles. The van der Waals surface area contributed by atoms with Crippen LogP contribution >= 0.6 is 0 Å². The largest absolute Gasteiger partial charge is 0.478 e. The smallest absolute Gasteiger partial charge is 0.256 e. The molecule has 0 saturated heterocycles. The van der Waals surface area contributed by atoms with Gasteiger partial charge in [0.25, 0.3) is 5.91 Å². The molecule has 1 heterocycles. The van der Waals surface area contributed by atoms with Gasteiger partial charge in [-0.3, -0.25) is 4.79 Å². The number of aromatic nitrogens is 1. The molecule has 0 aliphatic heterocycles. The van der Waals surface area contributed by atoms with Crippen LogP contribution in [0.1, 0.15) is 39.5 Å². The summed E-state index contributed by atoms with van der Waals surface area (Å²) in [4.78, 5) is 16.7. The van der Waals surface area contributed by atoms with Gasteiger partial charge >= 0.3 is 0 Å².